The normalized spacial score (nSPS) is 12.5. The quantitative estimate of drug-likeness (QED) is 0.490. The molecule has 1 aromatic rings. The van der Waals surface area contributed by atoms with Crippen molar-refractivity contribution in [2.24, 2.45) is 0 Å². The van der Waals surface area contributed by atoms with Crippen molar-refractivity contribution in [3.8, 4) is 0 Å². The lowest BCUT2D eigenvalue weighted by atomic mass is 10.1. The Morgan fingerprint density at radius 1 is 1.21 bits per heavy atom. The number of nitrogens with one attached hydrogen (secondary N) is 1. The molecule has 1 aromatic carbocycles. The summed E-state index contributed by atoms with van der Waals surface area (Å²) >= 11 is 3.29. The maximum atomic E-state index is 12.1. The van der Waals surface area contributed by atoms with Crippen LogP contribution in [0.1, 0.15) is 37.8 Å². The fourth-order valence-corrected chi connectivity index (χ4v) is 3.63. The topological polar surface area (TPSA) is 89.5 Å². The van der Waals surface area contributed by atoms with Crippen molar-refractivity contribution in [1.29, 1.82) is 0 Å². The summed E-state index contributed by atoms with van der Waals surface area (Å²) in [5.74, 6) is -2.05. The third-order valence-electron chi connectivity index (χ3n) is 3.36. The fraction of sp³-hybridized carbons (Fsp3) is 0.500. The van der Waals surface area contributed by atoms with Crippen LogP contribution in [-0.2, 0) is 24.2 Å². The molecule has 0 fully saturated rings. The number of unbranched alkanes of at least 4 members (excludes halogenated alkanes) is 2. The Labute approximate surface area is 151 Å². The summed E-state index contributed by atoms with van der Waals surface area (Å²) in [7, 11) is -2.28. The van der Waals surface area contributed by atoms with Crippen molar-refractivity contribution in [3.05, 3.63) is 34.3 Å². The zero-order valence-corrected chi connectivity index (χ0v) is 16.2. The molecule has 134 valence electrons. The number of rotatable bonds is 9. The molecule has 1 amide bonds. The van der Waals surface area contributed by atoms with Gasteiger partial charge in [-0.3, -0.25) is 4.79 Å². The Morgan fingerprint density at radius 2 is 1.83 bits per heavy atom. The van der Waals surface area contributed by atoms with E-state index in [4.69, 9.17) is 4.74 Å². The van der Waals surface area contributed by atoms with E-state index >= 15 is 0 Å². The molecule has 1 rings (SSSR count). The van der Waals surface area contributed by atoms with Crippen molar-refractivity contribution in [2.75, 3.05) is 18.6 Å². The minimum absolute atomic E-state index is 0.0323. The molecule has 0 heterocycles. The van der Waals surface area contributed by atoms with Gasteiger partial charge in [0.15, 0.2) is 15.9 Å². The van der Waals surface area contributed by atoms with Crippen LogP contribution in [0.2, 0.25) is 0 Å². The van der Waals surface area contributed by atoms with Crippen LogP contribution in [0, 0.1) is 0 Å². The Morgan fingerprint density at radius 3 is 2.38 bits per heavy atom. The number of halogens is 1. The molecule has 0 aliphatic heterocycles. The minimum Gasteiger partial charge on any atom is -0.467 e. The van der Waals surface area contributed by atoms with E-state index in [9.17, 15) is 18.0 Å². The van der Waals surface area contributed by atoms with Crippen molar-refractivity contribution in [1.82, 2.24) is 5.32 Å². The predicted molar refractivity (Wildman–Crippen MR) is 95.2 cm³/mol. The average molecular weight is 420 g/mol. The number of carbonyl (C=O) groups excluding carboxylic acids is 2. The highest BCUT2D eigenvalue weighted by atomic mass is 79.9. The molecule has 1 unspecified atom stereocenters. The van der Waals surface area contributed by atoms with E-state index in [-0.39, 0.29) is 5.75 Å². The summed E-state index contributed by atoms with van der Waals surface area (Å²) in [6, 6.07) is 5.71. The summed E-state index contributed by atoms with van der Waals surface area (Å²) in [5.41, 5.74) is 0.516. The monoisotopic (exact) mass is 419 g/mol. The van der Waals surface area contributed by atoms with Gasteiger partial charge in [-0.25, -0.2) is 13.2 Å². The van der Waals surface area contributed by atoms with Gasteiger partial charge < -0.3 is 10.1 Å². The first-order valence-corrected chi connectivity index (χ1v) is 10.2. The highest BCUT2D eigenvalue weighted by Gasteiger charge is 2.25. The first kappa shape index (κ1) is 20.6. The molecule has 0 aliphatic carbocycles. The molecule has 24 heavy (non-hydrogen) atoms. The van der Waals surface area contributed by atoms with E-state index in [1.807, 2.05) is 6.92 Å². The van der Waals surface area contributed by atoms with Gasteiger partial charge >= 0.3 is 5.97 Å². The number of carbonyl (C=O) groups is 2. The number of amides is 1. The van der Waals surface area contributed by atoms with Gasteiger partial charge in [0.2, 0.25) is 5.91 Å². The van der Waals surface area contributed by atoms with E-state index in [0.717, 1.165) is 17.3 Å². The van der Waals surface area contributed by atoms with Gasteiger partial charge in [-0.05, 0) is 24.1 Å². The lowest BCUT2D eigenvalue weighted by molar-refractivity contribution is -0.145. The maximum absolute atomic E-state index is 12.1. The van der Waals surface area contributed by atoms with Crippen LogP contribution >= 0.6 is 15.9 Å². The SMILES string of the molecule is CCCCCS(=O)(=O)CC(=O)NC(C(=O)OC)c1ccc(Br)cc1. The summed E-state index contributed by atoms with van der Waals surface area (Å²) in [6.07, 6.45) is 2.22. The first-order valence-electron chi connectivity index (χ1n) is 7.62. The second-order valence-corrected chi connectivity index (χ2v) is 8.47. The van der Waals surface area contributed by atoms with Crippen molar-refractivity contribution in [3.63, 3.8) is 0 Å². The van der Waals surface area contributed by atoms with Gasteiger partial charge in [0.05, 0.1) is 12.9 Å². The van der Waals surface area contributed by atoms with Gasteiger partial charge in [0.25, 0.3) is 0 Å². The van der Waals surface area contributed by atoms with Crippen LogP contribution in [0.25, 0.3) is 0 Å². The second-order valence-electron chi connectivity index (χ2n) is 5.37. The zero-order chi connectivity index (χ0) is 18.2. The number of ether oxygens (including phenoxy) is 1. The molecule has 0 radical (unpaired) electrons. The molecule has 1 atom stereocenters. The highest BCUT2D eigenvalue weighted by molar-refractivity contribution is 9.10. The van der Waals surface area contributed by atoms with Crippen LogP contribution in [0.5, 0.6) is 0 Å². The van der Waals surface area contributed by atoms with Crippen molar-refractivity contribution in [2.45, 2.75) is 32.2 Å². The van der Waals surface area contributed by atoms with Gasteiger partial charge in [0, 0.05) is 4.47 Å². The molecular weight excluding hydrogens is 398 g/mol. The lowest BCUT2D eigenvalue weighted by Gasteiger charge is -2.17. The van der Waals surface area contributed by atoms with Crippen LogP contribution in [-0.4, -0.2) is 38.9 Å². The van der Waals surface area contributed by atoms with E-state index in [1.165, 1.54) is 7.11 Å². The number of benzene rings is 1. The number of sulfone groups is 1. The maximum Gasteiger partial charge on any atom is 0.333 e. The zero-order valence-electron chi connectivity index (χ0n) is 13.7. The highest BCUT2D eigenvalue weighted by Crippen LogP contribution is 2.18. The molecule has 0 saturated carbocycles. The molecule has 0 bridgehead atoms. The number of methoxy groups -OCH3 is 1. The molecule has 8 heteroatoms. The van der Waals surface area contributed by atoms with Crippen LogP contribution < -0.4 is 5.32 Å². The number of hydrogen-bond donors (Lipinski definition) is 1. The van der Waals surface area contributed by atoms with E-state index in [1.54, 1.807) is 24.3 Å². The minimum atomic E-state index is -3.49. The molecular formula is C16H22BrNO5S. The summed E-state index contributed by atoms with van der Waals surface area (Å²) in [5, 5.41) is 2.44. The Hall–Kier alpha value is -1.41. The Kier molecular flexibility index (Phi) is 8.41. The lowest BCUT2D eigenvalue weighted by Crippen LogP contribution is -2.38. The Balaban J connectivity index is 2.78. The number of esters is 1. The molecule has 0 spiro atoms. The van der Waals surface area contributed by atoms with Crippen molar-refractivity contribution >= 4 is 37.6 Å². The third-order valence-corrected chi connectivity index (χ3v) is 5.50. The summed E-state index contributed by atoms with van der Waals surface area (Å²) in [6.45, 7) is 1.97. The molecule has 6 nitrogen and oxygen atoms in total. The second kappa shape index (κ2) is 9.78. The standard InChI is InChI=1S/C16H22BrNO5S/c1-3-4-5-10-24(21,22)11-14(19)18-15(16(20)23-2)12-6-8-13(17)9-7-12/h6-9,15H,3-5,10-11H2,1-2H3,(H,18,19). The predicted octanol–water partition coefficient (Wildman–Crippen LogP) is 2.38. The van der Waals surface area contributed by atoms with Crippen LogP contribution in [0.15, 0.2) is 28.7 Å². The first-order chi connectivity index (χ1) is 11.3. The Bertz CT molecular complexity index is 658. The van der Waals surface area contributed by atoms with Crippen LogP contribution in [0.4, 0.5) is 0 Å². The van der Waals surface area contributed by atoms with Gasteiger partial charge in [0.1, 0.15) is 5.75 Å². The molecule has 0 saturated heterocycles. The van der Waals surface area contributed by atoms with Crippen LogP contribution in [0.3, 0.4) is 0 Å². The average Bonchev–Trinajstić information content (AvgIpc) is 2.52. The van der Waals surface area contributed by atoms with E-state index in [2.05, 4.69) is 21.2 Å². The largest absolute Gasteiger partial charge is 0.467 e. The smallest absolute Gasteiger partial charge is 0.333 e. The molecule has 0 aromatic heterocycles. The summed E-state index contributed by atoms with van der Waals surface area (Å²) < 4.78 is 29.4. The number of hydrogen-bond acceptors (Lipinski definition) is 5. The van der Waals surface area contributed by atoms with Crippen molar-refractivity contribution < 1.29 is 22.7 Å². The molecule has 1 N–H and O–H groups in total. The van der Waals surface area contributed by atoms with E-state index < -0.39 is 33.5 Å². The molecule has 0 aliphatic rings. The van der Waals surface area contributed by atoms with E-state index in [0.29, 0.717) is 12.0 Å². The third kappa shape index (κ3) is 7.00. The fourth-order valence-electron chi connectivity index (χ4n) is 2.10. The van der Waals surface area contributed by atoms with Gasteiger partial charge in [-0.2, -0.15) is 0 Å². The van der Waals surface area contributed by atoms with Gasteiger partial charge in [-0.1, -0.05) is 47.8 Å². The van der Waals surface area contributed by atoms with Gasteiger partial charge in [-0.15, -0.1) is 0 Å². The summed E-state index contributed by atoms with van der Waals surface area (Å²) in [4.78, 5) is 24.0.